The van der Waals surface area contributed by atoms with Crippen molar-refractivity contribution in [2.45, 2.75) is 75.5 Å². The first-order valence-electron chi connectivity index (χ1n) is 17.2. The molecule has 8 nitrogen and oxygen atoms in total. The molecular formula is C37H44F3N5O3. The van der Waals surface area contributed by atoms with E-state index in [2.05, 4.69) is 15.1 Å². The molecule has 4 aliphatic rings. The van der Waals surface area contributed by atoms with Crippen molar-refractivity contribution in [3.8, 4) is 0 Å². The number of halogens is 3. The van der Waals surface area contributed by atoms with Gasteiger partial charge in [-0.2, -0.15) is 13.2 Å². The highest BCUT2D eigenvalue weighted by Crippen LogP contribution is 2.64. The van der Waals surface area contributed by atoms with Crippen LogP contribution in [-0.4, -0.2) is 89.8 Å². The zero-order chi connectivity index (χ0) is 33.8. The number of rotatable bonds is 10. The smallest absolute Gasteiger partial charge is 0.394 e. The molecule has 2 aliphatic carbocycles. The van der Waals surface area contributed by atoms with Crippen LogP contribution in [0.2, 0.25) is 0 Å². The molecule has 3 heterocycles. The first kappa shape index (κ1) is 33.0. The minimum absolute atomic E-state index is 0.0560. The summed E-state index contributed by atoms with van der Waals surface area (Å²) in [7, 11) is 2.00. The molecule has 0 spiro atoms. The summed E-state index contributed by atoms with van der Waals surface area (Å²) in [4.78, 5) is 35.8. The zero-order valence-electron chi connectivity index (χ0n) is 27.4. The van der Waals surface area contributed by atoms with Gasteiger partial charge in [0.25, 0.3) is 5.91 Å². The molecule has 1 aromatic heterocycles. The van der Waals surface area contributed by atoms with Gasteiger partial charge in [0.1, 0.15) is 0 Å². The number of primary amides is 1. The molecule has 0 radical (unpaired) electrons. The lowest BCUT2D eigenvalue weighted by Gasteiger charge is -2.36. The largest absolute Gasteiger partial charge is 0.395 e. The van der Waals surface area contributed by atoms with E-state index in [4.69, 9.17) is 10.7 Å². The molecule has 256 valence electrons. The van der Waals surface area contributed by atoms with Crippen molar-refractivity contribution in [2.75, 3.05) is 39.8 Å². The highest BCUT2D eigenvalue weighted by atomic mass is 19.4. The summed E-state index contributed by atoms with van der Waals surface area (Å²) in [5, 5.41) is 13.8. The number of fused-ring (bicyclic) bond motifs is 2. The molecule has 0 bridgehead atoms. The summed E-state index contributed by atoms with van der Waals surface area (Å²) in [6.45, 7) is 3.14. The van der Waals surface area contributed by atoms with Gasteiger partial charge >= 0.3 is 6.18 Å². The fourth-order valence-electron chi connectivity index (χ4n) is 8.66. The van der Waals surface area contributed by atoms with E-state index >= 15 is 0 Å². The second kappa shape index (κ2) is 12.7. The molecule has 2 aliphatic heterocycles. The number of aryl methyl sites for hydroxylation is 1. The second-order valence-corrected chi connectivity index (χ2v) is 14.5. The number of aliphatic hydroxyl groups is 1. The maximum Gasteiger partial charge on any atom is 0.394 e. The maximum absolute atomic E-state index is 14.2. The monoisotopic (exact) mass is 663 g/mol. The van der Waals surface area contributed by atoms with Crippen molar-refractivity contribution in [1.82, 2.24) is 20.1 Å². The number of aromatic nitrogens is 1. The lowest BCUT2D eigenvalue weighted by Crippen LogP contribution is -2.57. The van der Waals surface area contributed by atoms with Crippen LogP contribution in [0, 0.1) is 11.3 Å². The minimum atomic E-state index is -4.23. The van der Waals surface area contributed by atoms with Gasteiger partial charge < -0.3 is 21.1 Å². The third-order valence-corrected chi connectivity index (χ3v) is 11.5. The van der Waals surface area contributed by atoms with Gasteiger partial charge in [-0.3, -0.25) is 19.5 Å². The number of amides is 2. The fraction of sp³-hybridized carbons (Fsp3) is 0.541. The number of hydrogen-bond acceptors (Lipinski definition) is 6. The predicted molar refractivity (Wildman–Crippen MR) is 177 cm³/mol. The molecule has 3 atom stereocenters. The Hall–Kier alpha value is -3.54. The zero-order valence-corrected chi connectivity index (χ0v) is 27.4. The normalized spacial score (nSPS) is 23.4. The SMILES string of the molecule is CN1CC(NC(=O)c2cccc([C@@H](CCN3CCC[C@H]3CO)c3c(C(N)=O)ccc4nc5c(cc34)CC(C3(C(F)(F)F)CC3)CC5)c2)C1. The number of likely N-dealkylation sites (N-methyl/N-ethyl adjacent to an activating group) is 1. The number of carbonyl (C=O) groups excluding carboxylic acids is 2. The van der Waals surface area contributed by atoms with Gasteiger partial charge in [-0.25, -0.2) is 0 Å². The molecule has 2 saturated heterocycles. The average molecular weight is 664 g/mol. The highest BCUT2D eigenvalue weighted by Gasteiger charge is 2.66. The number of carbonyl (C=O) groups is 2. The Morgan fingerprint density at radius 3 is 2.62 bits per heavy atom. The van der Waals surface area contributed by atoms with Gasteiger partial charge in [-0.15, -0.1) is 0 Å². The van der Waals surface area contributed by atoms with Crippen LogP contribution in [0.15, 0.2) is 42.5 Å². The van der Waals surface area contributed by atoms with Crippen LogP contribution in [0.25, 0.3) is 10.9 Å². The van der Waals surface area contributed by atoms with Gasteiger partial charge in [0.05, 0.1) is 23.6 Å². The van der Waals surface area contributed by atoms with E-state index in [1.165, 1.54) is 0 Å². The first-order chi connectivity index (χ1) is 23.0. The van der Waals surface area contributed by atoms with E-state index in [-0.39, 0.29) is 43.4 Å². The summed E-state index contributed by atoms with van der Waals surface area (Å²) >= 11 is 0. The topological polar surface area (TPSA) is 112 Å². The Morgan fingerprint density at radius 1 is 1.15 bits per heavy atom. The maximum atomic E-state index is 14.2. The number of nitrogens with two attached hydrogens (primary N) is 1. The van der Waals surface area contributed by atoms with Gasteiger partial charge in [0, 0.05) is 47.3 Å². The van der Waals surface area contributed by atoms with Crippen molar-refractivity contribution >= 4 is 22.7 Å². The molecule has 4 N–H and O–H groups in total. The van der Waals surface area contributed by atoms with Crippen LogP contribution in [0.4, 0.5) is 13.2 Å². The number of hydrogen-bond donors (Lipinski definition) is 3. The van der Waals surface area contributed by atoms with Crippen molar-refractivity contribution < 1.29 is 27.9 Å². The van der Waals surface area contributed by atoms with Gasteiger partial charge in [0.2, 0.25) is 5.91 Å². The Morgan fingerprint density at radius 2 is 1.94 bits per heavy atom. The molecule has 48 heavy (non-hydrogen) atoms. The summed E-state index contributed by atoms with van der Waals surface area (Å²) in [6, 6.07) is 13.0. The number of pyridine rings is 1. The van der Waals surface area contributed by atoms with Crippen molar-refractivity contribution in [2.24, 2.45) is 17.1 Å². The first-order valence-corrected chi connectivity index (χ1v) is 17.2. The molecule has 2 aromatic carbocycles. The molecular weight excluding hydrogens is 619 g/mol. The van der Waals surface area contributed by atoms with Crippen molar-refractivity contribution in [1.29, 1.82) is 0 Å². The van der Waals surface area contributed by atoms with Crippen LogP contribution < -0.4 is 11.1 Å². The molecule has 7 rings (SSSR count). The third-order valence-electron chi connectivity index (χ3n) is 11.5. The van der Waals surface area contributed by atoms with E-state index < -0.39 is 23.4 Å². The van der Waals surface area contributed by atoms with Gasteiger partial charge in [-0.05, 0) is 124 Å². The van der Waals surface area contributed by atoms with Crippen molar-refractivity contribution in [3.63, 3.8) is 0 Å². The summed E-state index contributed by atoms with van der Waals surface area (Å²) < 4.78 is 42.5. The Kier molecular flexibility index (Phi) is 8.75. The van der Waals surface area contributed by atoms with Gasteiger partial charge in [-0.1, -0.05) is 12.1 Å². The standard InChI is InChI=1S/C37H44F3N5O3/c1-44-19-26(20-44)42-35(48)23-5-2-4-22(16-23)28(11-15-45-14-3-6-27(45)21-46)33-29(34(41)47)8-10-32-30(33)18-24-17-25(7-9-31(24)43-32)36(12-13-36)37(38,39)40/h2,4-5,8,10,16,18,25-28,46H,3,6-7,9,11-15,17,19-21H2,1H3,(H2,41,47)(H,42,48)/t25?,27-,28+/m0/s1. The number of likely N-dealkylation sites (tertiary alicyclic amines) is 2. The van der Waals surface area contributed by atoms with E-state index in [0.29, 0.717) is 59.8 Å². The Labute approximate surface area is 278 Å². The van der Waals surface area contributed by atoms with Crippen LogP contribution >= 0.6 is 0 Å². The molecule has 3 fully saturated rings. The van der Waals surface area contributed by atoms with Gasteiger partial charge in [0.15, 0.2) is 0 Å². The number of aliphatic hydroxyl groups excluding tert-OH is 1. The molecule has 3 aromatic rings. The van der Waals surface area contributed by atoms with Crippen LogP contribution in [0.1, 0.15) is 87.5 Å². The quantitative estimate of drug-likeness (QED) is 0.288. The number of alkyl halides is 3. The Balaban J connectivity index is 1.31. The van der Waals surface area contributed by atoms with E-state index in [1.807, 2.05) is 31.3 Å². The van der Waals surface area contributed by atoms with Crippen LogP contribution in [0.5, 0.6) is 0 Å². The lowest BCUT2D eigenvalue weighted by molar-refractivity contribution is -0.204. The van der Waals surface area contributed by atoms with Crippen LogP contribution in [-0.2, 0) is 12.8 Å². The van der Waals surface area contributed by atoms with Crippen molar-refractivity contribution in [3.05, 3.63) is 76.0 Å². The second-order valence-electron chi connectivity index (χ2n) is 14.5. The Bertz CT molecular complexity index is 1720. The van der Waals surface area contributed by atoms with E-state index in [0.717, 1.165) is 49.3 Å². The summed E-state index contributed by atoms with van der Waals surface area (Å²) in [5.74, 6) is -1.64. The van der Waals surface area contributed by atoms with E-state index in [1.54, 1.807) is 18.2 Å². The lowest BCUT2D eigenvalue weighted by atomic mass is 9.75. The molecule has 11 heteroatoms. The summed E-state index contributed by atoms with van der Waals surface area (Å²) in [5.41, 5.74) is 9.08. The van der Waals surface area contributed by atoms with Crippen LogP contribution in [0.3, 0.4) is 0 Å². The molecule has 2 amide bonds. The number of benzene rings is 2. The predicted octanol–water partition coefficient (Wildman–Crippen LogP) is 4.80. The number of nitrogens with zero attached hydrogens (tertiary/aromatic N) is 3. The third kappa shape index (κ3) is 6.09. The minimum Gasteiger partial charge on any atom is -0.395 e. The molecule has 1 unspecified atom stereocenters. The fourth-order valence-corrected chi connectivity index (χ4v) is 8.66. The molecule has 1 saturated carbocycles. The highest BCUT2D eigenvalue weighted by molar-refractivity contribution is 6.01. The van der Waals surface area contributed by atoms with E-state index in [9.17, 15) is 27.9 Å². The average Bonchev–Trinajstić information content (AvgIpc) is 3.76. The number of nitrogens with one attached hydrogen (secondary N) is 1. The summed E-state index contributed by atoms with van der Waals surface area (Å²) in [6.07, 6.45) is -0.200.